The first-order valence-corrected chi connectivity index (χ1v) is 9.13. The molecule has 5 heteroatoms. The van der Waals surface area contributed by atoms with Crippen molar-refractivity contribution < 1.29 is 9.53 Å². The summed E-state index contributed by atoms with van der Waals surface area (Å²) >= 11 is 0. The first kappa shape index (κ1) is 18.3. The van der Waals surface area contributed by atoms with Crippen molar-refractivity contribution in [2.75, 3.05) is 50.1 Å². The van der Waals surface area contributed by atoms with Gasteiger partial charge in [0.05, 0.1) is 13.0 Å². The Hall–Kier alpha value is -2.53. The van der Waals surface area contributed by atoms with Crippen LogP contribution in [0.15, 0.2) is 48.5 Å². The van der Waals surface area contributed by atoms with Crippen LogP contribution in [-0.2, 0) is 4.79 Å². The minimum absolute atomic E-state index is 0.0375. The van der Waals surface area contributed by atoms with Crippen LogP contribution in [0, 0.1) is 6.92 Å². The zero-order valence-corrected chi connectivity index (χ0v) is 15.6. The molecule has 0 aromatic heterocycles. The number of piperazine rings is 1. The molecule has 1 saturated heterocycles. The minimum Gasteiger partial charge on any atom is -0.493 e. The maximum atomic E-state index is 12.1. The fraction of sp³-hybridized carbons (Fsp3) is 0.381. The molecule has 0 spiro atoms. The van der Waals surface area contributed by atoms with Crippen LogP contribution in [-0.4, -0.2) is 50.6 Å². The van der Waals surface area contributed by atoms with Gasteiger partial charge < -0.3 is 19.9 Å². The second-order valence-electron chi connectivity index (χ2n) is 6.80. The molecule has 1 heterocycles. The number of ether oxygens (including phenoxy) is 1. The number of aryl methyl sites for hydroxylation is 1. The largest absolute Gasteiger partial charge is 0.493 e. The van der Waals surface area contributed by atoms with Crippen molar-refractivity contribution in [1.29, 1.82) is 0 Å². The quantitative estimate of drug-likeness (QED) is 0.866. The Morgan fingerprint density at radius 1 is 1.00 bits per heavy atom. The Labute approximate surface area is 155 Å². The lowest BCUT2D eigenvalue weighted by Gasteiger charge is -2.34. The smallest absolute Gasteiger partial charge is 0.227 e. The van der Waals surface area contributed by atoms with Gasteiger partial charge >= 0.3 is 0 Å². The van der Waals surface area contributed by atoms with E-state index in [2.05, 4.69) is 34.3 Å². The molecule has 0 aliphatic carbocycles. The Morgan fingerprint density at radius 3 is 2.31 bits per heavy atom. The van der Waals surface area contributed by atoms with E-state index in [0.29, 0.717) is 13.0 Å². The molecule has 0 bridgehead atoms. The summed E-state index contributed by atoms with van der Waals surface area (Å²) in [5, 5.41) is 2.93. The molecule has 5 nitrogen and oxygen atoms in total. The monoisotopic (exact) mass is 353 g/mol. The number of carbonyl (C=O) groups is 1. The zero-order valence-electron chi connectivity index (χ0n) is 15.6. The number of anilines is 2. The molecule has 2 aromatic carbocycles. The molecule has 1 aliphatic rings. The summed E-state index contributed by atoms with van der Waals surface area (Å²) in [7, 11) is 2.15. The third kappa shape index (κ3) is 5.23. The molecule has 0 saturated carbocycles. The Bertz CT molecular complexity index is 705. The molecular formula is C21H27N3O2. The molecule has 1 fully saturated rings. The lowest BCUT2D eigenvalue weighted by Crippen LogP contribution is -2.44. The third-order valence-corrected chi connectivity index (χ3v) is 4.64. The highest BCUT2D eigenvalue weighted by molar-refractivity contribution is 5.90. The fourth-order valence-corrected chi connectivity index (χ4v) is 2.94. The molecule has 0 unspecified atom stereocenters. The van der Waals surface area contributed by atoms with Gasteiger partial charge in [-0.2, -0.15) is 0 Å². The lowest BCUT2D eigenvalue weighted by molar-refractivity contribution is -0.116. The number of hydrogen-bond acceptors (Lipinski definition) is 4. The SMILES string of the molecule is Cc1ccc(OCCC(=O)Nc2ccc(N3CCN(C)CC3)cc2)cc1. The van der Waals surface area contributed by atoms with Gasteiger partial charge in [0.15, 0.2) is 0 Å². The van der Waals surface area contributed by atoms with Crippen molar-refractivity contribution in [2.45, 2.75) is 13.3 Å². The molecule has 1 aliphatic heterocycles. The lowest BCUT2D eigenvalue weighted by atomic mass is 10.2. The molecule has 26 heavy (non-hydrogen) atoms. The number of carbonyl (C=O) groups excluding carboxylic acids is 1. The maximum absolute atomic E-state index is 12.1. The minimum atomic E-state index is -0.0375. The van der Waals surface area contributed by atoms with Crippen molar-refractivity contribution in [2.24, 2.45) is 0 Å². The number of hydrogen-bond donors (Lipinski definition) is 1. The number of rotatable bonds is 6. The van der Waals surface area contributed by atoms with Gasteiger partial charge in [-0.3, -0.25) is 4.79 Å². The summed E-state index contributed by atoms with van der Waals surface area (Å²) in [4.78, 5) is 16.8. The summed E-state index contributed by atoms with van der Waals surface area (Å²) in [5.41, 5.74) is 3.22. The van der Waals surface area contributed by atoms with Gasteiger partial charge in [-0.1, -0.05) is 17.7 Å². The van der Waals surface area contributed by atoms with Crippen LogP contribution in [0.2, 0.25) is 0 Å². The number of likely N-dealkylation sites (N-methyl/N-ethyl adjacent to an activating group) is 1. The molecular weight excluding hydrogens is 326 g/mol. The topological polar surface area (TPSA) is 44.8 Å². The number of amides is 1. The zero-order chi connectivity index (χ0) is 18.4. The number of benzene rings is 2. The second kappa shape index (κ2) is 8.72. The maximum Gasteiger partial charge on any atom is 0.227 e. The first-order chi connectivity index (χ1) is 12.6. The van der Waals surface area contributed by atoms with Gasteiger partial charge in [-0.15, -0.1) is 0 Å². The van der Waals surface area contributed by atoms with E-state index >= 15 is 0 Å². The molecule has 1 N–H and O–H groups in total. The van der Waals surface area contributed by atoms with Crippen LogP contribution >= 0.6 is 0 Å². The van der Waals surface area contributed by atoms with E-state index in [1.54, 1.807) is 0 Å². The molecule has 3 rings (SSSR count). The Kier molecular flexibility index (Phi) is 6.12. The molecule has 1 amide bonds. The standard InChI is InChI=1S/C21H27N3O2/c1-17-3-9-20(10-4-17)26-16-11-21(25)22-18-5-7-19(8-6-18)24-14-12-23(2)13-15-24/h3-10H,11-16H2,1-2H3,(H,22,25). The number of nitrogens with zero attached hydrogens (tertiary/aromatic N) is 2. The van der Waals surface area contributed by atoms with Crippen molar-refractivity contribution in [3.8, 4) is 5.75 Å². The van der Waals surface area contributed by atoms with Gasteiger partial charge in [0.25, 0.3) is 0 Å². The average molecular weight is 353 g/mol. The van der Waals surface area contributed by atoms with Gasteiger partial charge in [0.1, 0.15) is 5.75 Å². The average Bonchev–Trinajstić information content (AvgIpc) is 2.65. The summed E-state index contributed by atoms with van der Waals surface area (Å²) in [6.07, 6.45) is 0.327. The van der Waals surface area contributed by atoms with Crippen LogP contribution in [0.25, 0.3) is 0 Å². The van der Waals surface area contributed by atoms with E-state index in [1.165, 1.54) is 11.3 Å². The van der Waals surface area contributed by atoms with E-state index < -0.39 is 0 Å². The summed E-state index contributed by atoms with van der Waals surface area (Å²) in [6, 6.07) is 15.9. The highest BCUT2D eigenvalue weighted by Gasteiger charge is 2.14. The van der Waals surface area contributed by atoms with E-state index in [1.807, 2.05) is 43.3 Å². The Morgan fingerprint density at radius 2 is 1.65 bits per heavy atom. The normalized spacial score (nSPS) is 14.9. The predicted octanol–water partition coefficient (Wildman–Crippen LogP) is 3.15. The van der Waals surface area contributed by atoms with Crippen LogP contribution in [0.5, 0.6) is 5.75 Å². The summed E-state index contributed by atoms with van der Waals surface area (Å²) < 4.78 is 5.60. The predicted molar refractivity (Wildman–Crippen MR) is 106 cm³/mol. The molecule has 0 atom stereocenters. The summed E-state index contributed by atoms with van der Waals surface area (Å²) in [6.45, 7) is 6.65. The fourth-order valence-electron chi connectivity index (χ4n) is 2.94. The highest BCUT2D eigenvalue weighted by atomic mass is 16.5. The second-order valence-corrected chi connectivity index (χ2v) is 6.80. The molecule has 0 radical (unpaired) electrons. The van der Waals surface area contributed by atoms with E-state index in [9.17, 15) is 4.79 Å². The van der Waals surface area contributed by atoms with Crippen LogP contribution in [0.4, 0.5) is 11.4 Å². The van der Waals surface area contributed by atoms with Gasteiger partial charge in [-0.05, 0) is 50.4 Å². The van der Waals surface area contributed by atoms with Gasteiger partial charge in [-0.25, -0.2) is 0 Å². The van der Waals surface area contributed by atoms with Crippen molar-refractivity contribution >= 4 is 17.3 Å². The van der Waals surface area contributed by atoms with Crippen LogP contribution in [0.3, 0.4) is 0 Å². The van der Waals surface area contributed by atoms with Crippen LogP contribution in [0.1, 0.15) is 12.0 Å². The van der Waals surface area contributed by atoms with E-state index in [4.69, 9.17) is 4.74 Å². The van der Waals surface area contributed by atoms with Crippen molar-refractivity contribution in [3.63, 3.8) is 0 Å². The number of nitrogens with one attached hydrogen (secondary N) is 1. The van der Waals surface area contributed by atoms with Crippen molar-refractivity contribution in [3.05, 3.63) is 54.1 Å². The van der Waals surface area contributed by atoms with Gasteiger partial charge in [0, 0.05) is 37.6 Å². The molecule has 138 valence electrons. The summed E-state index contributed by atoms with van der Waals surface area (Å²) in [5.74, 6) is 0.754. The van der Waals surface area contributed by atoms with E-state index in [0.717, 1.165) is 37.6 Å². The van der Waals surface area contributed by atoms with Crippen LogP contribution < -0.4 is 15.0 Å². The first-order valence-electron chi connectivity index (χ1n) is 9.13. The third-order valence-electron chi connectivity index (χ3n) is 4.64. The van der Waals surface area contributed by atoms with Crippen molar-refractivity contribution in [1.82, 2.24) is 4.90 Å². The van der Waals surface area contributed by atoms with E-state index in [-0.39, 0.29) is 5.91 Å². The van der Waals surface area contributed by atoms with Gasteiger partial charge in [0.2, 0.25) is 5.91 Å². The molecule has 2 aromatic rings. The Balaban J connectivity index is 1.43. The highest BCUT2D eigenvalue weighted by Crippen LogP contribution is 2.19.